The zero-order chi connectivity index (χ0) is 11.4. The lowest BCUT2D eigenvalue weighted by atomic mass is 9.87. The highest BCUT2D eigenvalue weighted by Gasteiger charge is 2.17. The van der Waals surface area contributed by atoms with E-state index >= 15 is 0 Å². The Kier molecular flexibility index (Phi) is 4.36. The fourth-order valence-corrected chi connectivity index (χ4v) is 2.46. The Morgan fingerprint density at radius 1 is 1.31 bits per heavy atom. The molecule has 2 rings (SSSR count). The van der Waals surface area contributed by atoms with Crippen molar-refractivity contribution in [2.75, 3.05) is 0 Å². The maximum Gasteiger partial charge on any atom is 0.0542 e. The van der Waals surface area contributed by atoms with E-state index in [9.17, 15) is 0 Å². The van der Waals surface area contributed by atoms with Gasteiger partial charge in [0.25, 0.3) is 0 Å². The predicted molar refractivity (Wildman–Crippen MR) is 70.2 cm³/mol. The van der Waals surface area contributed by atoms with Crippen molar-refractivity contribution in [1.29, 1.82) is 0 Å². The van der Waals surface area contributed by atoms with Gasteiger partial charge in [0.05, 0.1) is 5.69 Å². The van der Waals surface area contributed by atoms with E-state index in [1.807, 2.05) is 12.3 Å². The van der Waals surface area contributed by atoms with Crippen LogP contribution in [0.2, 0.25) is 0 Å². The van der Waals surface area contributed by atoms with Crippen LogP contribution in [0.15, 0.2) is 22.8 Å². The molecule has 16 heavy (non-hydrogen) atoms. The van der Waals surface area contributed by atoms with E-state index in [1.54, 1.807) is 0 Å². The summed E-state index contributed by atoms with van der Waals surface area (Å²) in [5.74, 6) is 0.920. The van der Waals surface area contributed by atoms with Gasteiger partial charge in [0.2, 0.25) is 0 Å². The molecule has 1 fully saturated rings. The minimum Gasteiger partial charge on any atom is -0.308 e. The van der Waals surface area contributed by atoms with Gasteiger partial charge >= 0.3 is 0 Å². The average molecular weight is 283 g/mol. The van der Waals surface area contributed by atoms with Gasteiger partial charge in [-0.1, -0.05) is 6.92 Å². The van der Waals surface area contributed by atoms with Crippen molar-refractivity contribution in [2.24, 2.45) is 5.92 Å². The summed E-state index contributed by atoms with van der Waals surface area (Å²) in [5.41, 5.74) is 1.13. The highest BCUT2D eigenvalue weighted by atomic mass is 79.9. The van der Waals surface area contributed by atoms with Crippen LogP contribution in [-0.4, -0.2) is 11.0 Å². The fourth-order valence-electron chi connectivity index (χ4n) is 2.22. The number of nitrogens with one attached hydrogen (secondary N) is 1. The van der Waals surface area contributed by atoms with Crippen LogP contribution in [0.5, 0.6) is 0 Å². The normalized spacial score (nSPS) is 25.6. The van der Waals surface area contributed by atoms with Crippen molar-refractivity contribution in [3.63, 3.8) is 0 Å². The average Bonchev–Trinajstić information content (AvgIpc) is 2.30. The number of hydrogen-bond donors (Lipinski definition) is 1. The van der Waals surface area contributed by atoms with Gasteiger partial charge in [0, 0.05) is 23.3 Å². The van der Waals surface area contributed by atoms with Gasteiger partial charge in [-0.15, -0.1) is 0 Å². The van der Waals surface area contributed by atoms with E-state index in [0.29, 0.717) is 6.04 Å². The van der Waals surface area contributed by atoms with E-state index in [4.69, 9.17) is 0 Å². The molecule has 0 unspecified atom stereocenters. The maximum atomic E-state index is 4.37. The Bertz CT molecular complexity index is 315. The van der Waals surface area contributed by atoms with Crippen molar-refractivity contribution < 1.29 is 0 Å². The summed E-state index contributed by atoms with van der Waals surface area (Å²) in [6, 6.07) is 4.82. The quantitative estimate of drug-likeness (QED) is 0.918. The smallest absolute Gasteiger partial charge is 0.0542 e. The molecule has 1 aromatic rings. The van der Waals surface area contributed by atoms with Crippen molar-refractivity contribution in [2.45, 2.75) is 45.2 Å². The second kappa shape index (κ2) is 5.78. The number of hydrogen-bond acceptors (Lipinski definition) is 2. The molecule has 1 heterocycles. The molecule has 1 aliphatic carbocycles. The molecule has 2 nitrogen and oxygen atoms in total. The lowest BCUT2D eigenvalue weighted by molar-refractivity contribution is 0.306. The molecular weight excluding hydrogens is 264 g/mol. The summed E-state index contributed by atoms with van der Waals surface area (Å²) in [5, 5.41) is 3.60. The molecule has 0 spiro atoms. The van der Waals surface area contributed by atoms with Crippen molar-refractivity contribution >= 4 is 15.9 Å². The van der Waals surface area contributed by atoms with Crippen LogP contribution in [0.25, 0.3) is 0 Å². The summed E-state index contributed by atoms with van der Waals surface area (Å²) in [7, 11) is 0. The number of aromatic nitrogens is 1. The van der Waals surface area contributed by atoms with Crippen LogP contribution in [0, 0.1) is 5.92 Å². The molecule has 0 amide bonds. The van der Waals surface area contributed by atoms with Crippen LogP contribution in [0.3, 0.4) is 0 Å². The third kappa shape index (κ3) is 3.56. The van der Waals surface area contributed by atoms with Crippen LogP contribution >= 0.6 is 15.9 Å². The van der Waals surface area contributed by atoms with Crippen LogP contribution in [0.1, 0.15) is 38.3 Å². The van der Waals surface area contributed by atoms with Gasteiger partial charge in [0.15, 0.2) is 0 Å². The van der Waals surface area contributed by atoms with Gasteiger partial charge < -0.3 is 5.32 Å². The topological polar surface area (TPSA) is 24.9 Å². The van der Waals surface area contributed by atoms with Crippen LogP contribution in [0.4, 0.5) is 0 Å². The zero-order valence-corrected chi connectivity index (χ0v) is 11.3. The van der Waals surface area contributed by atoms with Gasteiger partial charge in [0.1, 0.15) is 0 Å². The molecule has 3 heteroatoms. The molecule has 0 aromatic carbocycles. The molecule has 1 aliphatic rings. The first kappa shape index (κ1) is 12.1. The Labute approximate surface area is 106 Å². The molecule has 0 saturated heterocycles. The predicted octanol–water partition coefficient (Wildman–Crippen LogP) is 3.51. The first-order chi connectivity index (χ1) is 7.74. The number of pyridine rings is 1. The van der Waals surface area contributed by atoms with E-state index in [2.05, 4.69) is 39.2 Å². The standard InChI is InChI=1S/C13H19BrN2/c1-10-2-5-12(6-3-10)16-9-13-7-4-11(14)8-15-13/h4,7-8,10,12,16H,2-3,5-6,9H2,1H3. The third-order valence-corrected chi connectivity index (χ3v) is 3.85. The molecule has 0 aliphatic heterocycles. The highest BCUT2D eigenvalue weighted by molar-refractivity contribution is 9.10. The molecule has 1 N–H and O–H groups in total. The molecule has 0 bridgehead atoms. The second-order valence-corrected chi connectivity index (χ2v) is 5.72. The van der Waals surface area contributed by atoms with Gasteiger partial charge in [-0.05, 0) is 59.7 Å². The number of halogens is 1. The van der Waals surface area contributed by atoms with E-state index in [-0.39, 0.29) is 0 Å². The lowest BCUT2D eigenvalue weighted by Crippen LogP contribution is -2.32. The lowest BCUT2D eigenvalue weighted by Gasteiger charge is -2.26. The van der Waals surface area contributed by atoms with Gasteiger partial charge in [-0.3, -0.25) is 4.98 Å². The first-order valence-corrected chi connectivity index (χ1v) is 6.87. The summed E-state index contributed by atoms with van der Waals surface area (Å²) in [4.78, 5) is 4.37. The summed E-state index contributed by atoms with van der Waals surface area (Å²) < 4.78 is 1.04. The van der Waals surface area contributed by atoms with Gasteiger partial charge in [-0.2, -0.15) is 0 Å². The Balaban J connectivity index is 1.77. The minimum atomic E-state index is 0.696. The SMILES string of the molecule is CC1CCC(NCc2ccc(Br)cn2)CC1. The summed E-state index contributed by atoms with van der Waals surface area (Å²) in [6.07, 6.45) is 7.23. The van der Waals surface area contributed by atoms with Crippen LogP contribution in [-0.2, 0) is 6.54 Å². The Hall–Kier alpha value is -0.410. The van der Waals surface area contributed by atoms with E-state index in [1.165, 1.54) is 25.7 Å². The van der Waals surface area contributed by atoms with Crippen molar-refractivity contribution in [3.05, 3.63) is 28.5 Å². The third-order valence-electron chi connectivity index (χ3n) is 3.38. The molecule has 88 valence electrons. The maximum absolute atomic E-state index is 4.37. The molecule has 0 radical (unpaired) electrons. The van der Waals surface area contributed by atoms with Crippen LogP contribution < -0.4 is 5.32 Å². The fraction of sp³-hybridized carbons (Fsp3) is 0.615. The number of rotatable bonds is 3. The highest BCUT2D eigenvalue weighted by Crippen LogP contribution is 2.23. The second-order valence-electron chi connectivity index (χ2n) is 4.81. The van der Waals surface area contributed by atoms with Crippen molar-refractivity contribution in [1.82, 2.24) is 10.3 Å². The van der Waals surface area contributed by atoms with E-state index in [0.717, 1.165) is 22.6 Å². The number of nitrogens with zero attached hydrogens (tertiary/aromatic N) is 1. The first-order valence-electron chi connectivity index (χ1n) is 6.08. The van der Waals surface area contributed by atoms with Crippen molar-refractivity contribution in [3.8, 4) is 0 Å². The zero-order valence-electron chi connectivity index (χ0n) is 9.75. The molecule has 1 aromatic heterocycles. The monoisotopic (exact) mass is 282 g/mol. The Morgan fingerprint density at radius 3 is 2.69 bits per heavy atom. The molecule has 0 atom stereocenters. The molecule has 1 saturated carbocycles. The minimum absolute atomic E-state index is 0.696. The largest absolute Gasteiger partial charge is 0.308 e. The van der Waals surface area contributed by atoms with E-state index < -0.39 is 0 Å². The summed E-state index contributed by atoms with van der Waals surface area (Å²) in [6.45, 7) is 3.25. The molecular formula is C13H19BrN2. The summed E-state index contributed by atoms with van der Waals surface area (Å²) >= 11 is 3.40. The van der Waals surface area contributed by atoms with Gasteiger partial charge in [-0.25, -0.2) is 0 Å². The Morgan fingerprint density at radius 2 is 2.06 bits per heavy atom.